The van der Waals surface area contributed by atoms with E-state index in [0.29, 0.717) is 13.0 Å². The number of ether oxygens (including phenoxy) is 2. The lowest BCUT2D eigenvalue weighted by Crippen LogP contribution is -2.34. The van der Waals surface area contributed by atoms with Crippen LogP contribution in [0.25, 0.3) is 0 Å². The maximum absolute atomic E-state index is 12.4. The van der Waals surface area contributed by atoms with E-state index >= 15 is 0 Å². The van der Waals surface area contributed by atoms with Gasteiger partial charge in [-0.15, -0.1) is 0 Å². The summed E-state index contributed by atoms with van der Waals surface area (Å²) in [5.74, 6) is -0.460. The Kier molecular flexibility index (Phi) is 8.30. The van der Waals surface area contributed by atoms with E-state index in [9.17, 15) is 9.59 Å². The molecule has 0 radical (unpaired) electrons. The molecule has 0 aliphatic carbocycles. The minimum absolute atomic E-state index is 0.146. The van der Waals surface area contributed by atoms with Crippen LogP contribution < -0.4 is 0 Å². The van der Waals surface area contributed by atoms with Crippen molar-refractivity contribution in [2.75, 3.05) is 6.61 Å². The fourth-order valence-electron chi connectivity index (χ4n) is 2.43. The van der Waals surface area contributed by atoms with Crippen molar-refractivity contribution >= 4 is 11.9 Å². The molecule has 0 aliphatic rings. The Morgan fingerprint density at radius 3 is 1.87 bits per heavy atom. The first-order valence-electron chi connectivity index (χ1n) is 8.71. The first-order chi connectivity index (χ1) is 10.3. The molecule has 0 saturated carbocycles. The number of carbonyl (C=O) groups is 2. The van der Waals surface area contributed by atoms with Crippen molar-refractivity contribution in [2.24, 2.45) is 23.2 Å². The summed E-state index contributed by atoms with van der Waals surface area (Å²) in [5, 5.41) is 0. The monoisotopic (exact) mass is 328 g/mol. The van der Waals surface area contributed by atoms with Crippen LogP contribution in [-0.4, -0.2) is 24.1 Å². The summed E-state index contributed by atoms with van der Waals surface area (Å²) in [4.78, 5) is 24.4. The van der Waals surface area contributed by atoms with E-state index in [2.05, 4.69) is 13.8 Å². The van der Waals surface area contributed by atoms with E-state index in [1.807, 2.05) is 48.5 Å². The van der Waals surface area contributed by atoms with Gasteiger partial charge in [-0.05, 0) is 51.9 Å². The topological polar surface area (TPSA) is 52.6 Å². The molecule has 136 valence electrons. The summed E-state index contributed by atoms with van der Waals surface area (Å²) >= 11 is 0. The molecule has 0 aromatic heterocycles. The molecular formula is C19H36O4. The van der Waals surface area contributed by atoms with Gasteiger partial charge < -0.3 is 9.47 Å². The largest absolute Gasteiger partial charge is 0.466 e. The third-order valence-corrected chi connectivity index (χ3v) is 4.43. The van der Waals surface area contributed by atoms with E-state index < -0.39 is 5.60 Å². The van der Waals surface area contributed by atoms with E-state index in [-0.39, 0.29) is 35.1 Å². The highest BCUT2D eigenvalue weighted by atomic mass is 16.6. The van der Waals surface area contributed by atoms with Crippen molar-refractivity contribution in [3.63, 3.8) is 0 Å². The molecule has 0 aromatic rings. The number of hydrogen-bond acceptors (Lipinski definition) is 4. The number of carbonyl (C=O) groups excluding carboxylic acids is 2. The lowest BCUT2D eigenvalue weighted by molar-refractivity contribution is -0.162. The second-order valence-electron chi connectivity index (χ2n) is 8.38. The average molecular weight is 328 g/mol. The fraction of sp³-hybridized carbons (Fsp3) is 0.895. The van der Waals surface area contributed by atoms with E-state index in [0.717, 1.165) is 6.42 Å². The van der Waals surface area contributed by atoms with E-state index in [1.165, 1.54) is 0 Å². The summed E-state index contributed by atoms with van der Waals surface area (Å²) < 4.78 is 10.7. The summed E-state index contributed by atoms with van der Waals surface area (Å²) in [6.45, 7) is 17.9. The van der Waals surface area contributed by atoms with Crippen LogP contribution in [0.2, 0.25) is 0 Å². The van der Waals surface area contributed by atoms with Crippen LogP contribution in [0.5, 0.6) is 0 Å². The Bertz CT molecular complexity index is 391. The summed E-state index contributed by atoms with van der Waals surface area (Å²) in [6, 6.07) is 0. The Balaban J connectivity index is 4.85. The highest BCUT2D eigenvalue weighted by molar-refractivity contribution is 5.74. The van der Waals surface area contributed by atoms with Gasteiger partial charge in [-0.1, -0.05) is 34.6 Å². The van der Waals surface area contributed by atoms with Crippen molar-refractivity contribution in [1.82, 2.24) is 0 Å². The quantitative estimate of drug-likeness (QED) is 0.611. The number of hydrogen-bond donors (Lipinski definition) is 0. The zero-order valence-electron chi connectivity index (χ0n) is 16.5. The van der Waals surface area contributed by atoms with Crippen LogP contribution in [-0.2, 0) is 19.1 Å². The van der Waals surface area contributed by atoms with Gasteiger partial charge in [0.15, 0.2) is 0 Å². The van der Waals surface area contributed by atoms with Gasteiger partial charge in [-0.25, -0.2) is 0 Å². The molecule has 23 heavy (non-hydrogen) atoms. The molecule has 0 bridgehead atoms. The fourth-order valence-corrected chi connectivity index (χ4v) is 2.43. The molecule has 4 nitrogen and oxygen atoms in total. The third-order valence-electron chi connectivity index (χ3n) is 4.43. The predicted molar refractivity (Wildman–Crippen MR) is 93.0 cm³/mol. The van der Waals surface area contributed by atoms with Crippen molar-refractivity contribution < 1.29 is 19.1 Å². The van der Waals surface area contributed by atoms with Gasteiger partial charge in [0, 0.05) is 0 Å². The van der Waals surface area contributed by atoms with Crippen molar-refractivity contribution in [3.05, 3.63) is 0 Å². The zero-order chi connectivity index (χ0) is 18.4. The van der Waals surface area contributed by atoms with Crippen molar-refractivity contribution in [1.29, 1.82) is 0 Å². The first kappa shape index (κ1) is 21.9. The average Bonchev–Trinajstić information content (AvgIpc) is 2.35. The van der Waals surface area contributed by atoms with Gasteiger partial charge in [0.25, 0.3) is 0 Å². The maximum Gasteiger partial charge on any atom is 0.309 e. The van der Waals surface area contributed by atoms with Crippen LogP contribution in [0, 0.1) is 23.2 Å². The Morgan fingerprint density at radius 2 is 1.48 bits per heavy atom. The molecule has 0 N–H and O–H groups in total. The number of rotatable bonds is 8. The van der Waals surface area contributed by atoms with Crippen molar-refractivity contribution in [3.8, 4) is 0 Å². The molecule has 4 heteroatoms. The predicted octanol–water partition coefficient (Wildman–Crippen LogP) is 4.61. The molecule has 0 heterocycles. The highest BCUT2D eigenvalue weighted by Crippen LogP contribution is 2.36. The van der Waals surface area contributed by atoms with Gasteiger partial charge >= 0.3 is 11.9 Å². The molecule has 0 rings (SSSR count). The Labute approximate surface area is 142 Å². The number of esters is 2. The first-order valence-corrected chi connectivity index (χ1v) is 8.71. The van der Waals surface area contributed by atoms with Gasteiger partial charge in [0.2, 0.25) is 0 Å². The van der Waals surface area contributed by atoms with Crippen LogP contribution in [0.15, 0.2) is 0 Å². The second-order valence-corrected chi connectivity index (χ2v) is 8.38. The molecule has 2 unspecified atom stereocenters. The lowest BCUT2D eigenvalue weighted by atomic mass is 9.74. The summed E-state index contributed by atoms with van der Waals surface area (Å²) in [5.41, 5.74) is -0.695. The molecule has 2 atom stereocenters. The van der Waals surface area contributed by atoms with Crippen molar-refractivity contribution in [2.45, 2.75) is 80.8 Å². The molecule has 0 fully saturated rings. The standard InChI is InChI=1S/C19H36O4/c1-10-22-16(20)14(4)19(8,9)12-11-15(13(2)3)17(21)23-18(5,6)7/h13-15H,10-12H2,1-9H3. The smallest absolute Gasteiger partial charge is 0.309 e. The Hall–Kier alpha value is -1.06. The summed E-state index contributed by atoms with van der Waals surface area (Å²) in [6.07, 6.45) is 1.48. The Morgan fingerprint density at radius 1 is 0.957 bits per heavy atom. The van der Waals surface area contributed by atoms with Gasteiger partial charge in [-0.3, -0.25) is 9.59 Å². The lowest BCUT2D eigenvalue weighted by Gasteiger charge is -2.33. The molecular weight excluding hydrogens is 292 g/mol. The van der Waals surface area contributed by atoms with Crippen LogP contribution in [0.1, 0.15) is 75.2 Å². The molecule has 0 aromatic carbocycles. The maximum atomic E-state index is 12.4. The van der Waals surface area contributed by atoms with E-state index in [1.54, 1.807) is 0 Å². The van der Waals surface area contributed by atoms with E-state index in [4.69, 9.17) is 9.47 Å². The normalized spacial score (nSPS) is 15.2. The minimum Gasteiger partial charge on any atom is -0.466 e. The second kappa shape index (κ2) is 8.70. The SMILES string of the molecule is CCOC(=O)C(C)C(C)(C)CCC(C(=O)OC(C)(C)C)C(C)C. The highest BCUT2D eigenvalue weighted by Gasteiger charge is 2.35. The minimum atomic E-state index is -0.474. The van der Waals surface area contributed by atoms with Crippen LogP contribution in [0.4, 0.5) is 0 Å². The van der Waals surface area contributed by atoms with Crippen LogP contribution in [0.3, 0.4) is 0 Å². The molecule has 0 spiro atoms. The molecule has 0 saturated heterocycles. The zero-order valence-corrected chi connectivity index (χ0v) is 16.5. The van der Waals surface area contributed by atoms with Gasteiger partial charge in [0.1, 0.15) is 5.60 Å². The molecule has 0 aliphatic heterocycles. The third kappa shape index (κ3) is 7.85. The van der Waals surface area contributed by atoms with Gasteiger partial charge in [0.05, 0.1) is 18.4 Å². The molecule has 0 amide bonds. The summed E-state index contributed by atoms with van der Waals surface area (Å²) in [7, 11) is 0. The van der Waals surface area contributed by atoms with Crippen LogP contribution >= 0.6 is 0 Å². The van der Waals surface area contributed by atoms with Gasteiger partial charge in [-0.2, -0.15) is 0 Å².